The Balaban J connectivity index is 2.54. The summed E-state index contributed by atoms with van der Waals surface area (Å²) in [5.41, 5.74) is 0.646. The predicted octanol–water partition coefficient (Wildman–Crippen LogP) is 4.64. The van der Waals surface area contributed by atoms with Crippen LogP contribution < -0.4 is 5.32 Å². The molecule has 0 unspecified atom stereocenters. The van der Waals surface area contributed by atoms with Gasteiger partial charge in [-0.1, -0.05) is 29.3 Å². The summed E-state index contributed by atoms with van der Waals surface area (Å²) >= 11 is 15.7. The zero-order valence-electron chi connectivity index (χ0n) is 9.54. The number of halogens is 3. The van der Waals surface area contributed by atoms with Gasteiger partial charge >= 0.3 is 0 Å². The van der Waals surface area contributed by atoms with Crippen LogP contribution in [-0.4, -0.2) is 16.5 Å². The first-order valence-electron chi connectivity index (χ1n) is 5.34. The lowest BCUT2D eigenvalue weighted by molar-refractivity contribution is 1.10. The van der Waals surface area contributed by atoms with Crippen molar-refractivity contribution in [1.82, 2.24) is 9.97 Å². The molecule has 0 saturated carbocycles. The predicted molar refractivity (Wildman–Crippen MR) is 79.4 cm³/mol. The molecule has 1 aromatic carbocycles. The fourth-order valence-electron chi connectivity index (χ4n) is 1.49. The first-order chi connectivity index (χ1) is 8.63. The molecular formula is C12H10BrCl2N3. The SMILES string of the molecule is CCNc1nc(-c2c(Cl)cccc2Cl)ncc1Br. The zero-order valence-corrected chi connectivity index (χ0v) is 12.6. The van der Waals surface area contributed by atoms with E-state index in [-0.39, 0.29) is 0 Å². The molecule has 18 heavy (non-hydrogen) atoms. The third-order valence-corrected chi connectivity index (χ3v) is 3.48. The third kappa shape index (κ3) is 2.76. The molecule has 0 spiro atoms. The minimum Gasteiger partial charge on any atom is -0.369 e. The zero-order chi connectivity index (χ0) is 13.1. The Morgan fingerprint density at radius 2 is 1.94 bits per heavy atom. The van der Waals surface area contributed by atoms with Crippen LogP contribution in [-0.2, 0) is 0 Å². The number of aromatic nitrogens is 2. The molecule has 2 aromatic rings. The summed E-state index contributed by atoms with van der Waals surface area (Å²) in [6, 6.07) is 5.32. The molecule has 0 aliphatic rings. The molecule has 1 heterocycles. The van der Waals surface area contributed by atoms with E-state index in [0.717, 1.165) is 16.8 Å². The minimum absolute atomic E-state index is 0.504. The summed E-state index contributed by atoms with van der Waals surface area (Å²) in [6.07, 6.45) is 1.68. The molecule has 0 amide bonds. The van der Waals surface area contributed by atoms with Gasteiger partial charge in [-0.2, -0.15) is 0 Å². The van der Waals surface area contributed by atoms with Gasteiger partial charge in [0, 0.05) is 12.7 Å². The molecule has 1 N–H and O–H groups in total. The molecule has 0 saturated heterocycles. The molecule has 0 aliphatic carbocycles. The molecule has 0 radical (unpaired) electrons. The van der Waals surface area contributed by atoms with Crippen LogP contribution in [0.25, 0.3) is 11.4 Å². The highest BCUT2D eigenvalue weighted by molar-refractivity contribution is 9.10. The maximum atomic E-state index is 6.14. The van der Waals surface area contributed by atoms with E-state index < -0.39 is 0 Å². The average molecular weight is 347 g/mol. The summed E-state index contributed by atoms with van der Waals surface area (Å²) < 4.78 is 0.802. The van der Waals surface area contributed by atoms with Crippen molar-refractivity contribution in [3.8, 4) is 11.4 Å². The van der Waals surface area contributed by atoms with Crippen LogP contribution in [0.5, 0.6) is 0 Å². The second-order valence-electron chi connectivity index (χ2n) is 3.52. The van der Waals surface area contributed by atoms with E-state index in [0.29, 0.717) is 21.4 Å². The first-order valence-corrected chi connectivity index (χ1v) is 6.89. The fraction of sp³-hybridized carbons (Fsp3) is 0.167. The topological polar surface area (TPSA) is 37.8 Å². The van der Waals surface area contributed by atoms with Gasteiger partial charge in [0.15, 0.2) is 5.82 Å². The number of hydrogen-bond donors (Lipinski definition) is 1. The van der Waals surface area contributed by atoms with E-state index in [1.54, 1.807) is 24.4 Å². The molecule has 0 bridgehead atoms. The van der Waals surface area contributed by atoms with Crippen molar-refractivity contribution >= 4 is 44.9 Å². The quantitative estimate of drug-likeness (QED) is 0.879. The maximum absolute atomic E-state index is 6.14. The molecular weight excluding hydrogens is 337 g/mol. The Labute approximate surface area is 124 Å². The summed E-state index contributed by atoms with van der Waals surface area (Å²) in [4.78, 5) is 8.66. The van der Waals surface area contributed by atoms with E-state index in [1.807, 2.05) is 6.92 Å². The second-order valence-corrected chi connectivity index (χ2v) is 5.19. The number of nitrogens with one attached hydrogen (secondary N) is 1. The highest BCUT2D eigenvalue weighted by Crippen LogP contribution is 2.33. The van der Waals surface area contributed by atoms with Crippen LogP contribution in [0, 0.1) is 0 Å². The van der Waals surface area contributed by atoms with Crippen molar-refractivity contribution in [2.45, 2.75) is 6.92 Å². The van der Waals surface area contributed by atoms with Crippen molar-refractivity contribution in [2.75, 3.05) is 11.9 Å². The highest BCUT2D eigenvalue weighted by Gasteiger charge is 2.13. The third-order valence-electron chi connectivity index (χ3n) is 2.27. The number of nitrogens with zero attached hydrogens (tertiary/aromatic N) is 2. The Kier molecular flexibility index (Phi) is 4.43. The maximum Gasteiger partial charge on any atom is 0.164 e. The van der Waals surface area contributed by atoms with E-state index >= 15 is 0 Å². The molecule has 0 aliphatic heterocycles. The molecule has 1 aromatic heterocycles. The molecule has 0 fully saturated rings. The minimum atomic E-state index is 0.504. The monoisotopic (exact) mass is 345 g/mol. The van der Waals surface area contributed by atoms with Crippen molar-refractivity contribution in [1.29, 1.82) is 0 Å². The molecule has 6 heteroatoms. The number of hydrogen-bond acceptors (Lipinski definition) is 3. The number of anilines is 1. The summed E-state index contributed by atoms with van der Waals surface area (Å²) in [7, 11) is 0. The Morgan fingerprint density at radius 3 is 2.56 bits per heavy atom. The van der Waals surface area contributed by atoms with Gasteiger partial charge < -0.3 is 5.32 Å². The summed E-state index contributed by atoms with van der Waals surface area (Å²) in [6.45, 7) is 2.77. The van der Waals surface area contributed by atoms with E-state index in [4.69, 9.17) is 23.2 Å². The molecule has 94 valence electrons. The van der Waals surface area contributed by atoms with Gasteiger partial charge in [0.05, 0.1) is 20.1 Å². The molecule has 0 atom stereocenters. The van der Waals surface area contributed by atoms with Crippen molar-refractivity contribution in [3.05, 3.63) is 38.9 Å². The first kappa shape index (κ1) is 13.6. The fourth-order valence-corrected chi connectivity index (χ4v) is 2.39. The van der Waals surface area contributed by atoms with Gasteiger partial charge in [0.25, 0.3) is 0 Å². The van der Waals surface area contributed by atoms with Crippen molar-refractivity contribution in [3.63, 3.8) is 0 Å². The number of rotatable bonds is 3. The lowest BCUT2D eigenvalue weighted by Gasteiger charge is -2.09. The summed E-state index contributed by atoms with van der Waals surface area (Å²) in [5.74, 6) is 1.23. The van der Waals surface area contributed by atoms with Crippen LogP contribution in [0.2, 0.25) is 10.0 Å². The van der Waals surface area contributed by atoms with Crippen LogP contribution in [0.3, 0.4) is 0 Å². The average Bonchev–Trinajstić information content (AvgIpc) is 2.33. The van der Waals surface area contributed by atoms with Crippen LogP contribution in [0.15, 0.2) is 28.9 Å². The molecule has 3 nitrogen and oxygen atoms in total. The lowest BCUT2D eigenvalue weighted by Crippen LogP contribution is -2.02. The smallest absolute Gasteiger partial charge is 0.164 e. The van der Waals surface area contributed by atoms with Crippen LogP contribution >= 0.6 is 39.1 Å². The molecule has 2 rings (SSSR count). The largest absolute Gasteiger partial charge is 0.369 e. The Bertz CT molecular complexity index is 555. The highest BCUT2D eigenvalue weighted by atomic mass is 79.9. The summed E-state index contributed by atoms with van der Waals surface area (Å²) in [5, 5.41) is 4.21. The van der Waals surface area contributed by atoms with Gasteiger partial charge in [-0.15, -0.1) is 0 Å². The Morgan fingerprint density at radius 1 is 1.28 bits per heavy atom. The van der Waals surface area contributed by atoms with Crippen molar-refractivity contribution in [2.24, 2.45) is 0 Å². The standard InChI is InChI=1S/C12H10BrCl2N3/c1-2-16-11-7(13)6-17-12(18-11)10-8(14)4-3-5-9(10)15/h3-6H,2H2,1H3,(H,16,17,18). The van der Waals surface area contributed by atoms with Crippen LogP contribution in [0.4, 0.5) is 5.82 Å². The van der Waals surface area contributed by atoms with Crippen molar-refractivity contribution < 1.29 is 0 Å². The number of benzene rings is 1. The van der Waals surface area contributed by atoms with E-state index in [1.165, 1.54) is 0 Å². The van der Waals surface area contributed by atoms with E-state index in [9.17, 15) is 0 Å². The second kappa shape index (κ2) is 5.87. The van der Waals surface area contributed by atoms with Gasteiger partial charge in [0.1, 0.15) is 5.82 Å². The van der Waals surface area contributed by atoms with Gasteiger partial charge in [-0.3, -0.25) is 0 Å². The van der Waals surface area contributed by atoms with Gasteiger partial charge in [-0.05, 0) is 35.0 Å². The van der Waals surface area contributed by atoms with Gasteiger partial charge in [0.2, 0.25) is 0 Å². The Hall–Kier alpha value is -0.840. The van der Waals surface area contributed by atoms with Crippen LogP contribution in [0.1, 0.15) is 6.92 Å². The van der Waals surface area contributed by atoms with E-state index in [2.05, 4.69) is 31.2 Å². The van der Waals surface area contributed by atoms with Gasteiger partial charge in [-0.25, -0.2) is 9.97 Å². The normalized spacial score (nSPS) is 10.4. The lowest BCUT2D eigenvalue weighted by atomic mass is 10.2.